The highest BCUT2D eigenvalue weighted by atomic mass is 79.9. The van der Waals surface area contributed by atoms with Crippen LogP contribution in [0.2, 0.25) is 0 Å². The summed E-state index contributed by atoms with van der Waals surface area (Å²) in [5, 5.41) is 11.8. The number of aromatic nitrogens is 1. The first kappa shape index (κ1) is 15.3. The van der Waals surface area contributed by atoms with E-state index in [-0.39, 0.29) is 5.84 Å². The molecule has 21 heavy (non-hydrogen) atoms. The lowest BCUT2D eigenvalue weighted by Gasteiger charge is -2.19. The molecule has 0 aliphatic rings. The molecular formula is C15H17BrN4O. The Kier molecular flexibility index (Phi) is 4.80. The van der Waals surface area contributed by atoms with Crippen LogP contribution in [0.3, 0.4) is 0 Å². The summed E-state index contributed by atoms with van der Waals surface area (Å²) in [5.74, 6) is 0.856. The van der Waals surface area contributed by atoms with Crippen LogP contribution in [0.4, 0.5) is 5.82 Å². The number of hydrogen-bond donors (Lipinski definition) is 2. The Morgan fingerprint density at radius 1 is 1.38 bits per heavy atom. The molecular weight excluding hydrogens is 332 g/mol. The molecule has 1 aromatic heterocycles. The van der Waals surface area contributed by atoms with Gasteiger partial charge < -0.3 is 15.8 Å². The van der Waals surface area contributed by atoms with Gasteiger partial charge in [0, 0.05) is 29.3 Å². The lowest BCUT2D eigenvalue weighted by atomic mass is 10.2. The molecule has 0 unspecified atom stereocenters. The van der Waals surface area contributed by atoms with Gasteiger partial charge >= 0.3 is 0 Å². The lowest BCUT2D eigenvalue weighted by molar-refractivity contribution is 0.318. The van der Waals surface area contributed by atoms with E-state index >= 15 is 0 Å². The predicted molar refractivity (Wildman–Crippen MR) is 87.7 cm³/mol. The molecule has 0 saturated heterocycles. The van der Waals surface area contributed by atoms with Crippen molar-refractivity contribution in [2.45, 2.75) is 13.5 Å². The van der Waals surface area contributed by atoms with Gasteiger partial charge in [-0.1, -0.05) is 33.2 Å². The summed E-state index contributed by atoms with van der Waals surface area (Å²) >= 11 is 3.47. The van der Waals surface area contributed by atoms with Crippen molar-refractivity contribution in [3.8, 4) is 0 Å². The molecule has 0 atom stereocenters. The third kappa shape index (κ3) is 3.95. The minimum atomic E-state index is 0.0811. The molecule has 0 saturated carbocycles. The summed E-state index contributed by atoms with van der Waals surface area (Å²) in [7, 11) is 1.96. The van der Waals surface area contributed by atoms with E-state index < -0.39 is 0 Å². The third-order valence-electron chi connectivity index (χ3n) is 3.04. The number of anilines is 1. The standard InChI is InChI=1S/C15H17BrN4O/c1-10-6-12(15(17)19-21)8-14(18-10)20(2)9-11-4-3-5-13(16)7-11/h3-8,21H,9H2,1-2H3,(H2,17,19). The zero-order valence-corrected chi connectivity index (χ0v) is 13.5. The number of benzene rings is 1. The highest BCUT2D eigenvalue weighted by molar-refractivity contribution is 9.10. The van der Waals surface area contributed by atoms with E-state index in [1.165, 1.54) is 5.56 Å². The SMILES string of the molecule is Cc1cc(/C(N)=N/O)cc(N(C)Cc2cccc(Br)c2)n1. The van der Waals surface area contributed by atoms with E-state index in [2.05, 4.69) is 38.2 Å². The van der Waals surface area contributed by atoms with Crippen molar-refractivity contribution in [3.63, 3.8) is 0 Å². The molecule has 0 aliphatic heterocycles. The summed E-state index contributed by atoms with van der Waals surface area (Å²) in [6, 6.07) is 11.7. The van der Waals surface area contributed by atoms with Crippen LogP contribution in [-0.4, -0.2) is 23.1 Å². The van der Waals surface area contributed by atoms with Crippen molar-refractivity contribution in [3.05, 3.63) is 57.7 Å². The lowest BCUT2D eigenvalue weighted by Crippen LogP contribution is -2.20. The number of halogens is 1. The summed E-state index contributed by atoms with van der Waals surface area (Å²) in [5.41, 5.74) is 8.29. The maximum Gasteiger partial charge on any atom is 0.170 e. The van der Waals surface area contributed by atoms with Crippen LogP contribution in [-0.2, 0) is 6.54 Å². The molecule has 1 heterocycles. The van der Waals surface area contributed by atoms with Gasteiger partial charge in [0.05, 0.1) is 0 Å². The van der Waals surface area contributed by atoms with Gasteiger partial charge in [0.25, 0.3) is 0 Å². The number of hydrogen-bond acceptors (Lipinski definition) is 4. The van der Waals surface area contributed by atoms with Crippen LogP contribution in [0.1, 0.15) is 16.8 Å². The highest BCUT2D eigenvalue weighted by Gasteiger charge is 2.09. The summed E-state index contributed by atoms with van der Waals surface area (Å²) in [6.07, 6.45) is 0. The highest BCUT2D eigenvalue weighted by Crippen LogP contribution is 2.18. The van der Waals surface area contributed by atoms with Gasteiger partial charge in [-0.3, -0.25) is 0 Å². The number of oxime groups is 1. The van der Waals surface area contributed by atoms with Crippen molar-refractivity contribution >= 4 is 27.6 Å². The van der Waals surface area contributed by atoms with Crippen LogP contribution in [0, 0.1) is 6.92 Å². The van der Waals surface area contributed by atoms with Crippen LogP contribution < -0.4 is 10.6 Å². The normalized spacial score (nSPS) is 11.5. The molecule has 0 fully saturated rings. The molecule has 6 heteroatoms. The Hall–Kier alpha value is -2.08. The quantitative estimate of drug-likeness (QED) is 0.385. The number of aryl methyl sites for hydroxylation is 1. The fourth-order valence-corrected chi connectivity index (χ4v) is 2.49. The van der Waals surface area contributed by atoms with Crippen molar-refractivity contribution in [1.29, 1.82) is 0 Å². The first-order valence-electron chi connectivity index (χ1n) is 6.42. The smallest absolute Gasteiger partial charge is 0.170 e. The molecule has 0 radical (unpaired) electrons. The monoisotopic (exact) mass is 348 g/mol. The largest absolute Gasteiger partial charge is 0.409 e. The molecule has 2 rings (SSSR count). The van der Waals surface area contributed by atoms with Crippen LogP contribution >= 0.6 is 15.9 Å². The average Bonchev–Trinajstić information content (AvgIpc) is 2.45. The van der Waals surface area contributed by atoms with Crippen molar-refractivity contribution in [2.75, 3.05) is 11.9 Å². The Labute approximate surface area is 132 Å². The summed E-state index contributed by atoms with van der Waals surface area (Å²) < 4.78 is 1.04. The van der Waals surface area contributed by atoms with E-state index in [1.807, 2.05) is 31.0 Å². The topological polar surface area (TPSA) is 74.7 Å². The molecule has 1 aromatic carbocycles. The molecule has 0 aliphatic carbocycles. The molecule has 0 bridgehead atoms. The summed E-state index contributed by atoms with van der Waals surface area (Å²) in [6.45, 7) is 2.59. The zero-order valence-electron chi connectivity index (χ0n) is 11.9. The minimum absolute atomic E-state index is 0.0811. The zero-order chi connectivity index (χ0) is 15.4. The Balaban J connectivity index is 2.26. The number of amidine groups is 1. The fraction of sp³-hybridized carbons (Fsp3) is 0.200. The van der Waals surface area contributed by atoms with Crippen molar-refractivity contribution in [1.82, 2.24) is 4.98 Å². The molecule has 3 N–H and O–H groups in total. The Morgan fingerprint density at radius 2 is 2.14 bits per heavy atom. The van der Waals surface area contributed by atoms with E-state index in [9.17, 15) is 0 Å². The predicted octanol–water partition coefficient (Wildman–Crippen LogP) is 2.88. The number of nitrogens with zero attached hydrogens (tertiary/aromatic N) is 3. The van der Waals surface area contributed by atoms with Gasteiger partial charge in [-0.2, -0.15) is 0 Å². The number of pyridine rings is 1. The molecule has 5 nitrogen and oxygen atoms in total. The molecule has 2 aromatic rings. The van der Waals surface area contributed by atoms with Crippen LogP contribution in [0.5, 0.6) is 0 Å². The fourth-order valence-electron chi connectivity index (χ4n) is 2.04. The number of rotatable bonds is 4. The Morgan fingerprint density at radius 3 is 2.81 bits per heavy atom. The van der Waals surface area contributed by atoms with E-state index in [0.29, 0.717) is 12.1 Å². The van der Waals surface area contributed by atoms with Gasteiger partial charge in [-0.15, -0.1) is 0 Å². The maximum atomic E-state index is 8.80. The Bertz CT molecular complexity index is 672. The first-order chi connectivity index (χ1) is 9.99. The van der Waals surface area contributed by atoms with Gasteiger partial charge in [0.1, 0.15) is 5.82 Å². The average molecular weight is 349 g/mol. The van der Waals surface area contributed by atoms with Gasteiger partial charge in [0.15, 0.2) is 5.84 Å². The minimum Gasteiger partial charge on any atom is -0.409 e. The van der Waals surface area contributed by atoms with Gasteiger partial charge in [-0.05, 0) is 36.8 Å². The van der Waals surface area contributed by atoms with E-state index in [4.69, 9.17) is 10.9 Å². The molecule has 110 valence electrons. The van der Waals surface area contributed by atoms with Gasteiger partial charge in [-0.25, -0.2) is 4.98 Å². The second kappa shape index (κ2) is 6.58. The molecule has 0 spiro atoms. The third-order valence-corrected chi connectivity index (χ3v) is 3.54. The first-order valence-corrected chi connectivity index (χ1v) is 7.21. The summed E-state index contributed by atoms with van der Waals surface area (Å²) in [4.78, 5) is 6.51. The van der Waals surface area contributed by atoms with Crippen LogP contribution in [0.25, 0.3) is 0 Å². The van der Waals surface area contributed by atoms with Gasteiger partial charge in [0.2, 0.25) is 0 Å². The van der Waals surface area contributed by atoms with Crippen molar-refractivity contribution < 1.29 is 5.21 Å². The number of nitrogens with two attached hydrogens (primary N) is 1. The van der Waals surface area contributed by atoms with Crippen molar-refractivity contribution in [2.24, 2.45) is 10.9 Å². The maximum absolute atomic E-state index is 8.80. The second-order valence-corrected chi connectivity index (χ2v) is 5.74. The van der Waals surface area contributed by atoms with Crippen LogP contribution in [0.15, 0.2) is 46.0 Å². The molecule has 0 amide bonds. The van der Waals surface area contributed by atoms with E-state index in [1.54, 1.807) is 12.1 Å². The second-order valence-electron chi connectivity index (χ2n) is 4.83. The van der Waals surface area contributed by atoms with E-state index in [0.717, 1.165) is 16.0 Å².